The van der Waals surface area contributed by atoms with E-state index in [1.165, 1.54) is 64.1 Å². The third-order valence-electron chi connectivity index (χ3n) is 6.32. The molecular weight excluding hydrogens is 324 g/mol. The van der Waals surface area contributed by atoms with Gasteiger partial charge in [0.15, 0.2) is 0 Å². The van der Waals surface area contributed by atoms with Crippen molar-refractivity contribution >= 4 is 0 Å². The SMILES string of the molecule is c1cc(C2(CN3CC3)CCOCC2)ccc1OCCCN1CCCCC1. The second-order valence-corrected chi connectivity index (χ2v) is 8.30. The molecule has 3 aliphatic rings. The highest BCUT2D eigenvalue weighted by atomic mass is 16.5. The molecule has 0 unspecified atom stereocenters. The summed E-state index contributed by atoms with van der Waals surface area (Å²) in [5.41, 5.74) is 1.75. The average Bonchev–Trinajstić information content (AvgIpc) is 3.51. The van der Waals surface area contributed by atoms with Crippen molar-refractivity contribution in [1.29, 1.82) is 0 Å². The molecule has 3 saturated heterocycles. The van der Waals surface area contributed by atoms with Crippen LogP contribution in [0.15, 0.2) is 24.3 Å². The fourth-order valence-corrected chi connectivity index (χ4v) is 4.52. The second-order valence-electron chi connectivity index (χ2n) is 8.30. The molecule has 0 aliphatic carbocycles. The Bertz CT molecular complexity index is 544. The Hall–Kier alpha value is -1.10. The van der Waals surface area contributed by atoms with E-state index in [9.17, 15) is 0 Å². The third kappa shape index (κ3) is 4.79. The third-order valence-corrected chi connectivity index (χ3v) is 6.32. The summed E-state index contributed by atoms with van der Waals surface area (Å²) in [6.07, 6.45) is 7.54. The van der Waals surface area contributed by atoms with Crippen molar-refractivity contribution in [1.82, 2.24) is 9.80 Å². The molecule has 4 nitrogen and oxygen atoms in total. The van der Waals surface area contributed by atoms with Crippen molar-refractivity contribution in [2.24, 2.45) is 0 Å². The average molecular weight is 359 g/mol. The summed E-state index contributed by atoms with van der Waals surface area (Å²) in [6, 6.07) is 8.95. The molecule has 3 fully saturated rings. The molecule has 0 atom stereocenters. The highest BCUT2D eigenvalue weighted by Gasteiger charge is 2.38. The molecule has 0 N–H and O–H groups in total. The van der Waals surface area contributed by atoms with Crippen molar-refractivity contribution < 1.29 is 9.47 Å². The molecule has 0 saturated carbocycles. The molecule has 4 heteroatoms. The molecule has 0 amide bonds. The van der Waals surface area contributed by atoms with Crippen LogP contribution < -0.4 is 4.74 Å². The summed E-state index contributed by atoms with van der Waals surface area (Å²) in [6.45, 7) is 10.0. The van der Waals surface area contributed by atoms with E-state index in [-0.39, 0.29) is 5.41 Å². The van der Waals surface area contributed by atoms with Gasteiger partial charge in [0.2, 0.25) is 0 Å². The molecule has 0 spiro atoms. The molecule has 0 radical (unpaired) electrons. The minimum Gasteiger partial charge on any atom is -0.494 e. The number of benzene rings is 1. The van der Waals surface area contributed by atoms with E-state index in [4.69, 9.17) is 9.47 Å². The molecule has 3 heterocycles. The second kappa shape index (κ2) is 8.73. The zero-order valence-electron chi connectivity index (χ0n) is 16.1. The van der Waals surface area contributed by atoms with Gasteiger partial charge >= 0.3 is 0 Å². The Labute approximate surface area is 158 Å². The van der Waals surface area contributed by atoms with E-state index >= 15 is 0 Å². The molecular formula is C22H34N2O2. The minimum absolute atomic E-state index is 0.279. The van der Waals surface area contributed by atoms with E-state index in [2.05, 4.69) is 34.1 Å². The Balaban J connectivity index is 1.28. The van der Waals surface area contributed by atoms with E-state index in [1.807, 2.05) is 0 Å². The van der Waals surface area contributed by atoms with Gasteiger partial charge in [-0.15, -0.1) is 0 Å². The van der Waals surface area contributed by atoms with Crippen LogP contribution in [0.2, 0.25) is 0 Å². The van der Waals surface area contributed by atoms with Crippen molar-refractivity contribution in [3.8, 4) is 5.75 Å². The number of hydrogen-bond donors (Lipinski definition) is 0. The largest absolute Gasteiger partial charge is 0.494 e. The molecule has 0 aromatic heterocycles. The molecule has 144 valence electrons. The lowest BCUT2D eigenvalue weighted by Gasteiger charge is -2.38. The minimum atomic E-state index is 0.279. The van der Waals surface area contributed by atoms with Crippen LogP contribution in [0.25, 0.3) is 0 Å². The van der Waals surface area contributed by atoms with Crippen molar-refractivity contribution in [3.63, 3.8) is 0 Å². The predicted molar refractivity (Wildman–Crippen MR) is 105 cm³/mol. The van der Waals surface area contributed by atoms with Crippen LogP contribution in [-0.2, 0) is 10.2 Å². The zero-order valence-corrected chi connectivity index (χ0v) is 16.1. The van der Waals surface area contributed by atoms with Gasteiger partial charge in [-0.3, -0.25) is 4.90 Å². The van der Waals surface area contributed by atoms with Crippen molar-refractivity contribution in [2.75, 3.05) is 59.1 Å². The maximum absolute atomic E-state index is 6.00. The Morgan fingerprint density at radius 3 is 2.31 bits per heavy atom. The first-order chi connectivity index (χ1) is 12.8. The summed E-state index contributed by atoms with van der Waals surface area (Å²) in [4.78, 5) is 5.13. The van der Waals surface area contributed by atoms with Crippen LogP contribution in [-0.4, -0.2) is 68.9 Å². The zero-order chi connectivity index (χ0) is 17.7. The first-order valence-electron chi connectivity index (χ1n) is 10.6. The maximum atomic E-state index is 6.00. The van der Waals surface area contributed by atoms with E-state index < -0.39 is 0 Å². The van der Waals surface area contributed by atoms with Crippen LogP contribution in [0, 0.1) is 0 Å². The van der Waals surface area contributed by atoms with Crippen LogP contribution in [0.3, 0.4) is 0 Å². The molecule has 0 bridgehead atoms. The summed E-state index contributed by atoms with van der Waals surface area (Å²) < 4.78 is 11.6. The lowest BCUT2D eigenvalue weighted by atomic mass is 9.74. The van der Waals surface area contributed by atoms with Crippen molar-refractivity contribution in [3.05, 3.63) is 29.8 Å². The highest BCUT2D eigenvalue weighted by Crippen LogP contribution is 2.37. The first kappa shape index (κ1) is 18.3. The molecule has 26 heavy (non-hydrogen) atoms. The van der Waals surface area contributed by atoms with E-state index in [0.717, 1.165) is 44.8 Å². The predicted octanol–water partition coefficient (Wildman–Crippen LogP) is 3.31. The molecule has 1 aromatic rings. The standard InChI is InChI=1S/C22H34N2O2/c1-2-11-23(12-3-1)13-4-16-26-21-7-5-20(6-8-21)22(19-24-14-15-24)9-17-25-18-10-22/h5-8H,1-4,9-19H2. The van der Waals surface area contributed by atoms with E-state index in [1.54, 1.807) is 0 Å². The van der Waals surface area contributed by atoms with Gasteiger partial charge in [-0.1, -0.05) is 18.6 Å². The molecule has 4 rings (SSSR count). The molecule has 3 aliphatic heterocycles. The normalized spacial score (nSPS) is 23.7. The van der Waals surface area contributed by atoms with Crippen molar-refractivity contribution in [2.45, 2.75) is 43.9 Å². The number of likely N-dealkylation sites (tertiary alicyclic amines) is 1. The van der Waals surface area contributed by atoms with Gasteiger partial charge in [0.05, 0.1) is 6.61 Å². The quantitative estimate of drug-likeness (QED) is 0.526. The first-order valence-corrected chi connectivity index (χ1v) is 10.6. The van der Waals surface area contributed by atoms with Crippen LogP contribution in [0.1, 0.15) is 44.1 Å². The number of piperidine rings is 1. The van der Waals surface area contributed by atoms with Gasteiger partial charge in [-0.05, 0) is 62.9 Å². The number of ether oxygens (including phenoxy) is 2. The lowest BCUT2D eigenvalue weighted by Crippen LogP contribution is -2.40. The van der Waals surface area contributed by atoms with E-state index in [0.29, 0.717) is 0 Å². The van der Waals surface area contributed by atoms with Gasteiger partial charge in [0, 0.05) is 44.8 Å². The van der Waals surface area contributed by atoms with Crippen LogP contribution >= 0.6 is 0 Å². The number of hydrogen-bond acceptors (Lipinski definition) is 4. The monoisotopic (exact) mass is 358 g/mol. The Kier molecular flexibility index (Phi) is 6.13. The van der Waals surface area contributed by atoms with Gasteiger partial charge in [-0.2, -0.15) is 0 Å². The van der Waals surface area contributed by atoms with Gasteiger partial charge < -0.3 is 14.4 Å². The summed E-state index contributed by atoms with van der Waals surface area (Å²) >= 11 is 0. The highest BCUT2D eigenvalue weighted by molar-refractivity contribution is 5.33. The number of nitrogens with zero attached hydrogens (tertiary/aromatic N) is 2. The van der Waals surface area contributed by atoms with Gasteiger partial charge in [-0.25, -0.2) is 0 Å². The summed E-state index contributed by atoms with van der Waals surface area (Å²) in [5.74, 6) is 1.02. The maximum Gasteiger partial charge on any atom is 0.119 e. The van der Waals surface area contributed by atoms with Gasteiger partial charge in [0.25, 0.3) is 0 Å². The fraction of sp³-hybridized carbons (Fsp3) is 0.727. The Morgan fingerprint density at radius 1 is 0.885 bits per heavy atom. The smallest absolute Gasteiger partial charge is 0.119 e. The Morgan fingerprint density at radius 2 is 1.62 bits per heavy atom. The van der Waals surface area contributed by atoms with Crippen LogP contribution in [0.5, 0.6) is 5.75 Å². The van der Waals surface area contributed by atoms with Gasteiger partial charge in [0.1, 0.15) is 5.75 Å². The number of rotatable bonds is 8. The topological polar surface area (TPSA) is 24.7 Å². The summed E-state index contributed by atoms with van der Waals surface area (Å²) in [5, 5.41) is 0. The summed E-state index contributed by atoms with van der Waals surface area (Å²) in [7, 11) is 0. The van der Waals surface area contributed by atoms with Crippen LogP contribution in [0.4, 0.5) is 0 Å². The molecule has 1 aromatic carbocycles. The fourth-order valence-electron chi connectivity index (χ4n) is 4.52. The lowest BCUT2D eigenvalue weighted by molar-refractivity contribution is 0.0448.